The Labute approximate surface area is 107 Å². The van der Waals surface area contributed by atoms with E-state index in [9.17, 15) is 0 Å². The van der Waals surface area contributed by atoms with Crippen LogP contribution in [0.2, 0.25) is 12.1 Å². The Morgan fingerprint density at radius 2 is 1.88 bits per heavy atom. The molecule has 0 heterocycles. The van der Waals surface area contributed by atoms with Crippen LogP contribution in [0.4, 0.5) is 0 Å². The maximum Gasteiger partial charge on any atom is 0.338 e. The van der Waals surface area contributed by atoms with E-state index in [0.29, 0.717) is 5.54 Å². The van der Waals surface area contributed by atoms with Crippen molar-refractivity contribution in [3.8, 4) is 0 Å². The quantitative estimate of drug-likeness (QED) is 0.605. The molecule has 0 spiro atoms. The first-order valence-corrected chi connectivity index (χ1v) is 9.19. The monoisotopic (exact) mass is 254 g/mol. The predicted molar refractivity (Wildman–Crippen MR) is 75.4 cm³/mol. The largest absolute Gasteiger partial charge is 0.394 e. The predicted octanol–water partition coefficient (Wildman–Crippen LogP) is 4.19. The molecular formula is C14H26O2Si. The lowest BCUT2D eigenvalue weighted by molar-refractivity contribution is 0.177. The highest BCUT2D eigenvalue weighted by atomic mass is 28.4. The van der Waals surface area contributed by atoms with Gasteiger partial charge in [-0.05, 0) is 33.2 Å². The Morgan fingerprint density at radius 3 is 2.29 bits per heavy atom. The minimum Gasteiger partial charge on any atom is -0.394 e. The van der Waals surface area contributed by atoms with E-state index in [2.05, 4.69) is 45.5 Å². The van der Waals surface area contributed by atoms with Crippen molar-refractivity contribution in [2.45, 2.75) is 52.1 Å². The Morgan fingerprint density at radius 1 is 1.24 bits per heavy atom. The molecule has 0 aromatic heterocycles. The van der Waals surface area contributed by atoms with Crippen molar-refractivity contribution in [2.75, 3.05) is 13.2 Å². The molecule has 0 radical (unpaired) electrons. The standard InChI is InChI=1S/C14H26O2Si/c1-5-14(12-13-10-8-9-11-13)17(4,15-6-2)16-7-3/h8,10-11,14H,5-7,9,12H2,1-4H3. The molecule has 0 aromatic rings. The molecule has 0 saturated heterocycles. The lowest BCUT2D eigenvalue weighted by Crippen LogP contribution is -2.44. The Hall–Kier alpha value is -0.383. The zero-order valence-electron chi connectivity index (χ0n) is 11.7. The van der Waals surface area contributed by atoms with Crippen molar-refractivity contribution in [3.05, 3.63) is 23.8 Å². The van der Waals surface area contributed by atoms with Gasteiger partial charge in [0.05, 0.1) is 0 Å². The van der Waals surface area contributed by atoms with Gasteiger partial charge >= 0.3 is 8.56 Å². The van der Waals surface area contributed by atoms with E-state index < -0.39 is 8.56 Å². The summed E-state index contributed by atoms with van der Waals surface area (Å²) >= 11 is 0. The summed E-state index contributed by atoms with van der Waals surface area (Å²) in [5.41, 5.74) is 2.01. The fourth-order valence-electron chi connectivity index (χ4n) is 2.49. The van der Waals surface area contributed by atoms with Crippen LogP contribution in [0.1, 0.15) is 40.0 Å². The average Bonchev–Trinajstić information content (AvgIpc) is 2.79. The Kier molecular flexibility index (Phi) is 6.16. The molecule has 0 aliphatic heterocycles. The van der Waals surface area contributed by atoms with Crippen LogP contribution in [0.15, 0.2) is 23.8 Å². The molecule has 3 heteroatoms. The van der Waals surface area contributed by atoms with Gasteiger partial charge in [0, 0.05) is 18.8 Å². The zero-order valence-corrected chi connectivity index (χ0v) is 12.7. The highest BCUT2D eigenvalue weighted by Gasteiger charge is 2.39. The van der Waals surface area contributed by atoms with Gasteiger partial charge in [-0.25, -0.2) is 0 Å². The molecule has 17 heavy (non-hydrogen) atoms. The SMILES string of the molecule is CCO[Si](C)(OCC)C(CC)CC1=CCC=C1. The molecule has 0 aromatic carbocycles. The van der Waals surface area contributed by atoms with E-state index in [1.165, 1.54) is 5.57 Å². The van der Waals surface area contributed by atoms with Gasteiger partial charge in [-0.2, -0.15) is 0 Å². The summed E-state index contributed by atoms with van der Waals surface area (Å²) in [6.07, 6.45) is 10.1. The fourth-order valence-corrected chi connectivity index (χ4v) is 5.54. The highest BCUT2D eigenvalue weighted by molar-refractivity contribution is 6.67. The molecule has 0 fully saturated rings. The van der Waals surface area contributed by atoms with Crippen LogP contribution in [0.3, 0.4) is 0 Å². The van der Waals surface area contributed by atoms with Crippen molar-refractivity contribution in [3.63, 3.8) is 0 Å². The topological polar surface area (TPSA) is 18.5 Å². The van der Waals surface area contributed by atoms with E-state index in [1.54, 1.807) is 0 Å². The number of hydrogen-bond donors (Lipinski definition) is 0. The molecule has 1 aliphatic rings. The second-order valence-electron chi connectivity index (χ2n) is 4.61. The van der Waals surface area contributed by atoms with Gasteiger partial charge in [0.15, 0.2) is 0 Å². The van der Waals surface area contributed by atoms with Crippen LogP contribution in [0.5, 0.6) is 0 Å². The maximum atomic E-state index is 6.00. The Balaban J connectivity index is 2.69. The molecule has 1 rings (SSSR count). The van der Waals surface area contributed by atoms with Gasteiger partial charge in [0.1, 0.15) is 0 Å². The summed E-state index contributed by atoms with van der Waals surface area (Å²) < 4.78 is 12.0. The summed E-state index contributed by atoms with van der Waals surface area (Å²) in [5.74, 6) is 0. The minimum atomic E-state index is -2.02. The maximum absolute atomic E-state index is 6.00. The first kappa shape index (κ1) is 14.7. The summed E-state index contributed by atoms with van der Waals surface area (Å²) in [5, 5.41) is 0. The first-order valence-electron chi connectivity index (χ1n) is 6.79. The van der Waals surface area contributed by atoms with Crippen LogP contribution >= 0.6 is 0 Å². The smallest absolute Gasteiger partial charge is 0.338 e. The van der Waals surface area contributed by atoms with Gasteiger partial charge in [-0.15, -0.1) is 0 Å². The van der Waals surface area contributed by atoms with E-state index in [4.69, 9.17) is 8.85 Å². The number of rotatable bonds is 8. The van der Waals surface area contributed by atoms with Crippen molar-refractivity contribution in [1.29, 1.82) is 0 Å². The molecular weight excluding hydrogens is 228 g/mol. The first-order chi connectivity index (χ1) is 8.16. The van der Waals surface area contributed by atoms with Gasteiger partial charge in [0.25, 0.3) is 0 Å². The van der Waals surface area contributed by atoms with Crippen LogP contribution in [0.25, 0.3) is 0 Å². The molecule has 1 unspecified atom stereocenters. The third-order valence-corrected chi connectivity index (χ3v) is 7.25. The number of allylic oxidation sites excluding steroid dienone is 4. The average molecular weight is 254 g/mol. The van der Waals surface area contributed by atoms with Crippen molar-refractivity contribution in [1.82, 2.24) is 0 Å². The molecule has 0 bridgehead atoms. The summed E-state index contributed by atoms with van der Waals surface area (Å²) in [7, 11) is -2.02. The lowest BCUT2D eigenvalue weighted by atomic mass is 10.1. The molecule has 1 atom stereocenters. The lowest BCUT2D eigenvalue weighted by Gasteiger charge is -2.33. The van der Waals surface area contributed by atoms with Crippen LogP contribution in [-0.4, -0.2) is 21.8 Å². The molecule has 0 saturated carbocycles. The van der Waals surface area contributed by atoms with Crippen molar-refractivity contribution in [2.24, 2.45) is 0 Å². The van der Waals surface area contributed by atoms with E-state index in [0.717, 1.165) is 32.5 Å². The van der Waals surface area contributed by atoms with E-state index in [1.807, 2.05) is 0 Å². The third-order valence-electron chi connectivity index (χ3n) is 3.43. The normalized spacial score (nSPS) is 17.3. The summed E-state index contributed by atoms with van der Waals surface area (Å²) in [6.45, 7) is 10.1. The van der Waals surface area contributed by atoms with Gasteiger partial charge in [0.2, 0.25) is 0 Å². The van der Waals surface area contributed by atoms with Crippen molar-refractivity contribution < 1.29 is 8.85 Å². The molecule has 1 aliphatic carbocycles. The molecule has 0 amide bonds. The van der Waals surface area contributed by atoms with Gasteiger partial charge in [-0.1, -0.05) is 37.1 Å². The van der Waals surface area contributed by atoms with Crippen LogP contribution in [0, 0.1) is 0 Å². The summed E-state index contributed by atoms with van der Waals surface area (Å²) in [6, 6.07) is 0. The highest BCUT2D eigenvalue weighted by Crippen LogP contribution is 2.35. The second kappa shape index (κ2) is 7.14. The van der Waals surface area contributed by atoms with Crippen molar-refractivity contribution >= 4 is 8.56 Å². The van der Waals surface area contributed by atoms with E-state index >= 15 is 0 Å². The van der Waals surface area contributed by atoms with E-state index in [-0.39, 0.29) is 0 Å². The van der Waals surface area contributed by atoms with Crippen LogP contribution in [-0.2, 0) is 8.85 Å². The zero-order chi connectivity index (χ0) is 12.7. The van der Waals surface area contributed by atoms with Crippen LogP contribution < -0.4 is 0 Å². The molecule has 98 valence electrons. The molecule has 2 nitrogen and oxygen atoms in total. The number of hydrogen-bond acceptors (Lipinski definition) is 2. The molecule has 0 N–H and O–H groups in total. The van der Waals surface area contributed by atoms with Gasteiger partial charge < -0.3 is 8.85 Å². The van der Waals surface area contributed by atoms with Gasteiger partial charge in [-0.3, -0.25) is 0 Å². The minimum absolute atomic E-state index is 0.552. The Bertz CT molecular complexity index is 278. The fraction of sp³-hybridized carbons (Fsp3) is 0.714. The second-order valence-corrected chi connectivity index (χ2v) is 8.03. The third kappa shape index (κ3) is 4.09. The summed E-state index contributed by atoms with van der Waals surface area (Å²) in [4.78, 5) is 0.